The van der Waals surface area contributed by atoms with Crippen molar-refractivity contribution in [3.63, 3.8) is 0 Å². The van der Waals surface area contributed by atoms with Gasteiger partial charge in [0.05, 0.1) is 12.7 Å². The molecule has 0 aliphatic heterocycles. The molecule has 1 atom stereocenters. The first-order valence-electron chi connectivity index (χ1n) is 5.97. The number of rotatable bonds is 4. The maximum absolute atomic E-state index is 12.0. The van der Waals surface area contributed by atoms with Crippen LogP contribution in [-0.2, 0) is 6.42 Å². The summed E-state index contributed by atoms with van der Waals surface area (Å²) in [6.45, 7) is 0.0477. The molecule has 0 saturated heterocycles. The summed E-state index contributed by atoms with van der Waals surface area (Å²) in [6.07, 6.45) is -4.11. The average molecular weight is 260 g/mol. The smallest absolute Gasteiger partial charge is 0.389 e. The number of hydrogen-bond acceptors (Lipinski definition) is 2. The molecule has 0 saturated carbocycles. The van der Waals surface area contributed by atoms with Crippen LogP contribution >= 0.6 is 0 Å². The molecular weight excluding hydrogens is 245 g/mol. The van der Waals surface area contributed by atoms with Gasteiger partial charge in [0.1, 0.15) is 5.75 Å². The predicted octanol–water partition coefficient (Wildman–Crippen LogP) is 3.39. The van der Waals surface area contributed by atoms with E-state index >= 15 is 0 Å². The first kappa shape index (κ1) is 13.2. The van der Waals surface area contributed by atoms with Gasteiger partial charge >= 0.3 is 6.18 Å². The molecule has 100 valence electrons. The summed E-state index contributed by atoms with van der Waals surface area (Å²) < 4.78 is 41.3. The highest BCUT2D eigenvalue weighted by molar-refractivity contribution is 5.44. The van der Waals surface area contributed by atoms with E-state index in [2.05, 4.69) is 0 Å². The minimum atomic E-state index is -4.13. The van der Waals surface area contributed by atoms with E-state index in [1.54, 1.807) is 12.1 Å². The topological polar surface area (TPSA) is 29.5 Å². The molecule has 1 aliphatic carbocycles. The molecule has 18 heavy (non-hydrogen) atoms. The van der Waals surface area contributed by atoms with Crippen molar-refractivity contribution in [2.24, 2.45) is 0 Å². The molecule has 5 heteroatoms. The number of hydrogen-bond donors (Lipinski definition) is 1. The van der Waals surface area contributed by atoms with Crippen LogP contribution < -0.4 is 4.74 Å². The molecular formula is C13H15F3O2. The van der Waals surface area contributed by atoms with E-state index < -0.39 is 18.7 Å². The van der Waals surface area contributed by atoms with Gasteiger partial charge in [0.25, 0.3) is 0 Å². The van der Waals surface area contributed by atoms with Crippen LogP contribution in [0.15, 0.2) is 18.2 Å². The molecule has 0 fully saturated rings. The van der Waals surface area contributed by atoms with Crippen LogP contribution in [0.4, 0.5) is 13.2 Å². The van der Waals surface area contributed by atoms with Crippen molar-refractivity contribution in [3.8, 4) is 5.75 Å². The minimum absolute atomic E-state index is 0.0459. The van der Waals surface area contributed by atoms with Crippen LogP contribution in [0.5, 0.6) is 5.75 Å². The van der Waals surface area contributed by atoms with Gasteiger partial charge in [-0.25, -0.2) is 0 Å². The highest BCUT2D eigenvalue weighted by atomic mass is 19.4. The molecule has 0 amide bonds. The van der Waals surface area contributed by atoms with E-state index in [4.69, 9.17) is 4.74 Å². The van der Waals surface area contributed by atoms with Gasteiger partial charge in [-0.15, -0.1) is 0 Å². The second-order valence-corrected chi connectivity index (χ2v) is 4.45. The van der Waals surface area contributed by atoms with Gasteiger partial charge in [-0.1, -0.05) is 12.1 Å². The molecule has 1 aliphatic rings. The van der Waals surface area contributed by atoms with Crippen LogP contribution in [0.1, 0.15) is 36.5 Å². The van der Waals surface area contributed by atoms with E-state index in [1.807, 2.05) is 6.07 Å². The normalized spacial score (nSPS) is 18.8. The van der Waals surface area contributed by atoms with Crippen molar-refractivity contribution in [3.05, 3.63) is 29.3 Å². The van der Waals surface area contributed by atoms with Crippen molar-refractivity contribution >= 4 is 0 Å². The number of alkyl halides is 3. The number of fused-ring (bicyclic) bond motifs is 1. The quantitative estimate of drug-likeness (QED) is 0.841. The van der Waals surface area contributed by atoms with Crippen LogP contribution in [0.2, 0.25) is 0 Å². The highest BCUT2D eigenvalue weighted by Gasteiger charge is 2.26. The Morgan fingerprint density at radius 2 is 2.11 bits per heavy atom. The SMILES string of the molecule is OC1CCc2c(OCCCC(F)(F)F)cccc21. The molecule has 0 heterocycles. The Labute approximate surface area is 103 Å². The number of aliphatic hydroxyl groups is 1. The van der Waals surface area contributed by atoms with Gasteiger partial charge in [-0.2, -0.15) is 13.2 Å². The van der Waals surface area contributed by atoms with E-state index in [0.29, 0.717) is 18.6 Å². The fourth-order valence-corrected chi connectivity index (χ4v) is 2.19. The number of ether oxygens (including phenoxy) is 1. The van der Waals surface area contributed by atoms with E-state index in [9.17, 15) is 18.3 Å². The summed E-state index contributed by atoms with van der Waals surface area (Å²) in [6, 6.07) is 5.33. The zero-order valence-corrected chi connectivity index (χ0v) is 9.83. The molecule has 0 aromatic heterocycles. The first-order valence-corrected chi connectivity index (χ1v) is 5.97. The minimum Gasteiger partial charge on any atom is -0.493 e. The second-order valence-electron chi connectivity index (χ2n) is 4.45. The van der Waals surface area contributed by atoms with E-state index in [1.165, 1.54) is 0 Å². The third-order valence-corrected chi connectivity index (χ3v) is 3.06. The predicted molar refractivity (Wildman–Crippen MR) is 60.5 cm³/mol. The number of benzene rings is 1. The Morgan fingerprint density at radius 1 is 1.33 bits per heavy atom. The zero-order chi connectivity index (χ0) is 13.2. The molecule has 0 radical (unpaired) electrons. The summed E-state index contributed by atoms with van der Waals surface area (Å²) >= 11 is 0. The van der Waals surface area contributed by atoms with E-state index in [-0.39, 0.29) is 13.0 Å². The maximum Gasteiger partial charge on any atom is 0.389 e. The Kier molecular flexibility index (Phi) is 3.80. The van der Waals surface area contributed by atoms with Gasteiger partial charge in [-0.05, 0) is 30.9 Å². The lowest BCUT2D eigenvalue weighted by Crippen LogP contribution is -2.10. The molecule has 1 unspecified atom stereocenters. The van der Waals surface area contributed by atoms with Crippen LogP contribution in [-0.4, -0.2) is 17.9 Å². The lowest BCUT2D eigenvalue weighted by Gasteiger charge is -2.12. The van der Waals surface area contributed by atoms with Crippen molar-refractivity contribution < 1.29 is 23.0 Å². The van der Waals surface area contributed by atoms with Gasteiger partial charge < -0.3 is 9.84 Å². The summed E-state index contributed by atoms with van der Waals surface area (Å²) in [4.78, 5) is 0. The standard InChI is InChI=1S/C13H15F3O2/c14-13(15,16)7-2-8-18-12-4-1-3-9-10(12)5-6-11(9)17/h1,3-4,11,17H,2,5-8H2. The van der Waals surface area contributed by atoms with Crippen molar-refractivity contribution in [1.82, 2.24) is 0 Å². The fourth-order valence-electron chi connectivity index (χ4n) is 2.19. The maximum atomic E-state index is 12.0. The second kappa shape index (κ2) is 5.18. The Morgan fingerprint density at radius 3 is 2.83 bits per heavy atom. The monoisotopic (exact) mass is 260 g/mol. The third-order valence-electron chi connectivity index (χ3n) is 3.06. The fraction of sp³-hybridized carbons (Fsp3) is 0.538. The summed E-state index contributed by atoms with van der Waals surface area (Å²) in [7, 11) is 0. The molecule has 2 nitrogen and oxygen atoms in total. The van der Waals surface area contributed by atoms with Crippen LogP contribution in [0.25, 0.3) is 0 Å². The Hall–Kier alpha value is -1.23. The summed E-state index contributed by atoms with van der Waals surface area (Å²) in [5.41, 5.74) is 1.76. The number of halogens is 3. The molecule has 0 bridgehead atoms. The highest BCUT2D eigenvalue weighted by Crippen LogP contribution is 2.36. The Balaban J connectivity index is 1.91. The van der Waals surface area contributed by atoms with Crippen LogP contribution in [0, 0.1) is 0 Å². The average Bonchev–Trinajstić information content (AvgIpc) is 2.67. The molecule has 2 rings (SSSR count). The lowest BCUT2D eigenvalue weighted by molar-refractivity contribution is -0.136. The zero-order valence-electron chi connectivity index (χ0n) is 9.83. The lowest BCUT2D eigenvalue weighted by atomic mass is 10.1. The van der Waals surface area contributed by atoms with Crippen molar-refractivity contribution in [2.75, 3.05) is 6.61 Å². The Bertz CT molecular complexity index is 415. The van der Waals surface area contributed by atoms with Gasteiger partial charge in [-0.3, -0.25) is 0 Å². The number of aliphatic hydroxyl groups excluding tert-OH is 1. The summed E-state index contributed by atoms with van der Waals surface area (Å²) in [5.74, 6) is 0.603. The molecule has 1 N–H and O–H groups in total. The van der Waals surface area contributed by atoms with Crippen molar-refractivity contribution in [1.29, 1.82) is 0 Å². The van der Waals surface area contributed by atoms with Gasteiger partial charge in [0.2, 0.25) is 0 Å². The summed E-state index contributed by atoms with van der Waals surface area (Å²) in [5, 5.41) is 9.68. The largest absolute Gasteiger partial charge is 0.493 e. The van der Waals surface area contributed by atoms with E-state index in [0.717, 1.165) is 11.1 Å². The molecule has 1 aromatic carbocycles. The first-order chi connectivity index (χ1) is 8.47. The molecule has 0 spiro atoms. The van der Waals surface area contributed by atoms with Crippen LogP contribution in [0.3, 0.4) is 0 Å². The molecule has 1 aromatic rings. The van der Waals surface area contributed by atoms with Crippen molar-refractivity contribution in [2.45, 2.75) is 38.0 Å². The third kappa shape index (κ3) is 3.16. The van der Waals surface area contributed by atoms with Gasteiger partial charge in [0.15, 0.2) is 0 Å². The van der Waals surface area contributed by atoms with Gasteiger partial charge in [0, 0.05) is 12.0 Å².